The second-order valence-electron chi connectivity index (χ2n) is 14.2. The number of thiophene rings is 1. The highest BCUT2D eigenvalue weighted by molar-refractivity contribution is 7.99. The zero-order valence-corrected chi connectivity index (χ0v) is 29.0. The van der Waals surface area contributed by atoms with Crippen LogP contribution in [0, 0.1) is 6.92 Å². The van der Waals surface area contributed by atoms with E-state index in [9.17, 15) is 0 Å². The van der Waals surface area contributed by atoms with Crippen molar-refractivity contribution in [3.63, 3.8) is 0 Å². The van der Waals surface area contributed by atoms with E-state index in [0.717, 1.165) is 0 Å². The van der Waals surface area contributed by atoms with Crippen LogP contribution in [-0.2, 0) is 5.41 Å². The van der Waals surface area contributed by atoms with Crippen LogP contribution in [0.4, 0.5) is 27.8 Å². The number of nitrogens with zero attached hydrogens (tertiary/aromatic N) is 2. The molecule has 1 aromatic heterocycles. The first kappa shape index (κ1) is 28.3. The molecule has 4 heterocycles. The van der Waals surface area contributed by atoms with Crippen molar-refractivity contribution >= 4 is 78.7 Å². The molecule has 2 nitrogen and oxygen atoms in total. The van der Waals surface area contributed by atoms with Crippen LogP contribution in [0.15, 0.2) is 137 Å². The highest BCUT2D eigenvalue weighted by Crippen LogP contribution is 2.57. The highest BCUT2D eigenvalue weighted by Gasteiger charge is 2.49. The van der Waals surface area contributed by atoms with Crippen LogP contribution >= 0.6 is 23.1 Å². The number of para-hydroxylation sites is 2. The van der Waals surface area contributed by atoms with Gasteiger partial charge in [0.05, 0.1) is 16.4 Å². The van der Waals surface area contributed by atoms with Crippen molar-refractivity contribution in [2.24, 2.45) is 0 Å². The summed E-state index contributed by atoms with van der Waals surface area (Å²) in [6.45, 7) is 9.23. The van der Waals surface area contributed by atoms with E-state index in [4.69, 9.17) is 0 Å². The molecule has 0 unspecified atom stereocenters. The second-order valence-corrected chi connectivity index (χ2v) is 16.4. The summed E-state index contributed by atoms with van der Waals surface area (Å²) in [4.78, 5) is 7.92. The van der Waals surface area contributed by atoms with Gasteiger partial charge in [-0.1, -0.05) is 117 Å². The van der Waals surface area contributed by atoms with Crippen LogP contribution < -0.4 is 20.6 Å². The van der Waals surface area contributed by atoms with Crippen LogP contribution in [0.25, 0.3) is 32.3 Å². The Bertz CT molecular complexity index is 2460. The first-order valence-corrected chi connectivity index (χ1v) is 18.4. The standard InChI is InChI=1S/C43H33BN2S2/c1-26-23-32-29-16-12-20-38-41(29)46(34-17-9-11-19-37(34)47-38)44-39(32)35(24-26)45(42-40(44)30-15-8-10-18-36(30)48-42)33-22-21-28(43(2,3)4)25-31(33)27-13-6-5-7-14-27/h5-25H,1-4H3. The smallest absolute Gasteiger partial charge is 0.334 e. The third-order valence-electron chi connectivity index (χ3n) is 10.2. The summed E-state index contributed by atoms with van der Waals surface area (Å²) in [6, 6.07) is 47.9. The molecule has 3 aliphatic rings. The third kappa shape index (κ3) is 3.95. The highest BCUT2D eigenvalue weighted by atomic mass is 32.2. The number of rotatable bonds is 2. The van der Waals surface area contributed by atoms with Gasteiger partial charge < -0.3 is 9.71 Å². The van der Waals surface area contributed by atoms with E-state index in [1.807, 2.05) is 23.1 Å². The van der Waals surface area contributed by atoms with Gasteiger partial charge in [0.1, 0.15) is 0 Å². The summed E-state index contributed by atoms with van der Waals surface area (Å²) in [6.07, 6.45) is 0. The number of aryl methyl sites for hydroxylation is 1. The van der Waals surface area contributed by atoms with Crippen LogP contribution in [0.5, 0.6) is 0 Å². The molecule has 48 heavy (non-hydrogen) atoms. The molecule has 7 aromatic rings. The van der Waals surface area contributed by atoms with E-state index in [2.05, 4.69) is 165 Å². The molecule has 0 amide bonds. The summed E-state index contributed by atoms with van der Waals surface area (Å²) in [5, 5.41) is 2.65. The Morgan fingerprint density at radius 1 is 0.604 bits per heavy atom. The van der Waals surface area contributed by atoms with E-state index >= 15 is 0 Å². The molecule has 0 bridgehead atoms. The molecule has 0 spiro atoms. The van der Waals surface area contributed by atoms with Crippen molar-refractivity contribution in [3.05, 3.63) is 139 Å². The summed E-state index contributed by atoms with van der Waals surface area (Å²) in [5.74, 6) is 0. The van der Waals surface area contributed by atoms with E-state index in [1.54, 1.807) is 0 Å². The molecule has 3 aliphatic heterocycles. The maximum Gasteiger partial charge on any atom is 0.334 e. The molecule has 0 radical (unpaired) electrons. The van der Waals surface area contributed by atoms with Crippen molar-refractivity contribution in [2.45, 2.75) is 42.9 Å². The molecule has 0 saturated carbocycles. The minimum Gasteiger partial charge on any atom is -0.374 e. The van der Waals surface area contributed by atoms with Crippen LogP contribution in [0.1, 0.15) is 31.9 Å². The summed E-state index contributed by atoms with van der Waals surface area (Å²) in [7, 11) is 0. The second kappa shape index (κ2) is 10.2. The lowest BCUT2D eigenvalue weighted by Gasteiger charge is -2.47. The van der Waals surface area contributed by atoms with Gasteiger partial charge in [-0.3, -0.25) is 0 Å². The van der Waals surface area contributed by atoms with Gasteiger partial charge in [0, 0.05) is 37.0 Å². The fourth-order valence-electron chi connectivity index (χ4n) is 8.07. The number of hydrogen-bond acceptors (Lipinski definition) is 4. The monoisotopic (exact) mass is 652 g/mol. The Morgan fingerprint density at radius 2 is 1.38 bits per heavy atom. The molecule has 0 fully saturated rings. The van der Waals surface area contributed by atoms with Gasteiger partial charge >= 0.3 is 6.85 Å². The summed E-state index contributed by atoms with van der Waals surface area (Å²) >= 11 is 3.83. The number of hydrogen-bond donors (Lipinski definition) is 0. The maximum absolute atomic E-state index is 2.67. The average molecular weight is 653 g/mol. The molecule has 230 valence electrons. The first-order chi connectivity index (χ1) is 23.4. The number of benzene rings is 6. The average Bonchev–Trinajstić information content (AvgIpc) is 3.48. The van der Waals surface area contributed by atoms with Crippen LogP contribution in [0.2, 0.25) is 0 Å². The van der Waals surface area contributed by atoms with Gasteiger partial charge in [-0.05, 0) is 93.4 Å². The Hall–Kier alpha value is -4.71. The van der Waals surface area contributed by atoms with Crippen molar-refractivity contribution in [2.75, 3.05) is 9.71 Å². The number of fused-ring (bicyclic) bond motifs is 8. The van der Waals surface area contributed by atoms with Crippen LogP contribution in [-0.4, -0.2) is 6.85 Å². The largest absolute Gasteiger partial charge is 0.374 e. The molecular formula is C43H33BN2S2. The van der Waals surface area contributed by atoms with Crippen molar-refractivity contribution in [1.82, 2.24) is 0 Å². The summed E-state index contributed by atoms with van der Waals surface area (Å²) < 4.78 is 1.32. The Labute approximate surface area is 290 Å². The third-order valence-corrected chi connectivity index (χ3v) is 12.5. The SMILES string of the molecule is Cc1cc2c3c(c1)N(c1ccc(C(C)(C)C)cc1-c1ccccc1)c1sc4ccccc4c1B3N1c3ccccc3Sc3cccc-2c31. The Morgan fingerprint density at radius 3 is 2.23 bits per heavy atom. The van der Waals surface area contributed by atoms with Crippen LogP contribution in [0.3, 0.4) is 0 Å². The van der Waals surface area contributed by atoms with Crippen molar-refractivity contribution in [1.29, 1.82) is 0 Å². The molecule has 0 N–H and O–H groups in total. The van der Waals surface area contributed by atoms with Crippen molar-refractivity contribution in [3.8, 4) is 22.3 Å². The quantitative estimate of drug-likeness (QED) is 0.172. The summed E-state index contributed by atoms with van der Waals surface area (Å²) in [5.41, 5.74) is 15.7. The van der Waals surface area contributed by atoms with Gasteiger partial charge in [-0.2, -0.15) is 0 Å². The minimum absolute atomic E-state index is 0.0292. The molecule has 0 aliphatic carbocycles. The number of anilines is 5. The molecule has 5 heteroatoms. The molecular weight excluding hydrogens is 619 g/mol. The predicted molar refractivity (Wildman–Crippen MR) is 209 cm³/mol. The van der Waals surface area contributed by atoms with Gasteiger partial charge in [0.2, 0.25) is 0 Å². The van der Waals surface area contributed by atoms with Gasteiger partial charge in [-0.15, -0.1) is 11.3 Å². The lowest BCUT2D eigenvalue weighted by molar-refractivity contribution is 0.590. The fraction of sp³-hybridized carbons (Fsp3) is 0.116. The predicted octanol–water partition coefficient (Wildman–Crippen LogP) is 11.3. The fourth-order valence-corrected chi connectivity index (χ4v) is 10.4. The molecule has 10 rings (SSSR count). The zero-order chi connectivity index (χ0) is 32.3. The maximum atomic E-state index is 2.67. The molecule has 6 aromatic carbocycles. The van der Waals surface area contributed by atoms with E-state index in [0.29, 0.717) is 0 Å². The molecule has 0 atom stereocenters. The van der Waals surface area contributed by atoms with Gasteiger partial charge in [0.25, 0.3) is 0 Å². The molecule has 0 saturated heterocycles. The van der Waals surface area contributed by atoms with Crippen molar-refractivity contribution < 1.29 is 0 Å². The Kier molecular flexibility index (Phi) is 5.99. The van der Waals surface area contributed by atoms with E-state index in [-0.39, 0.29) is 12.3 Å². The topological polar surface area (TPSA) is 6.48 Å². The van der Waals surface area contributed by atoms with E-state index < -0.39 is 0 Å². The minimum atomic E-state index is 0.0292. The zero-order valence-electron chi connectivity index (χ0n) is 27.4. The Balaban J connectivity index is 1.35. The van der Waals surface area contributed by atoms with Gasteiger partial charge in [-0.25, -0.2) is 0 Å². The first-order valence-electron chi connectivity index (χ1n) is 16.7. The lowest BCUT2D eigenvalue weighted by Crippen LogP contribution is -2.61. The normalized spacial score (nSPS) is 14.0. The van der Waals surface area contributed by atoms with E-state index in [1.165, 1.54) is 91.9 Å². The van der Waals surface area contributed by atoms with Gasteiger partial charge in [0.15, 0.2) is 0 Å². The lowest BCUT2D eigenvalue weighted by atomic mass is 9.43.